The Morgan fingerprint density at radius 1 is 0.892 bits per heavy atom. The van der Waals surface area contributed by atoms with Gasteiger partial charge in [0.15, 0.2) is 5.82 Å². The maximum atomic E-state index is 13.9. The van der Waals surface area contributed by atoms with Crippen LogP contribution in [-0.4, -0.2) is 36.5 Å². The molecule has 184 valence electrons. The van der Waals surface area contributed by atoms with Crippen molar-refractivity contribution in [2.24, 2.45) is 5.92 Å². The van der Waals surface area contributed by atoms with Gasteiger partial charge in [-0.15, -0.1) is 0 Å². The molecule has 0 aliphatic heterocycles. The Hall–Kier alpha value is -4.56. The van der Waals surface area contributed by atoms with Crippen LogP contribution >= 0.6 is 0 Å². The van der Waals surface area contributed by atoms with Gasteiger partial charge in [-0.25, -0.2) is 9.37 Å². The van der Waals surface area contributed by atoms with E-state index in [9.17, 15) is 9.50 Å². The third-order valence-electron chi connectivity index (χ3n) is 6.45. The SMILES string of the molecule is CC(C)C(O)Nc1cncc(-c2ccc3[nH]nc(-c4nc5c(-c6cccc(F)c6)cccc5[nH]4)c3c2)c1. The van der Waals surface area contributed by atoms with Crippen molar-refractivity contribution in [3.63, 3.8) is 0 Å². The zero-order valence-corrected chi connectivity index (χ0v) is 20.3. The molecule has 7 nitrogen and oxygen atoms in total. The number of H-pyrrole nitrogens is 2. The van der Waals surface area contributed by atoms with Crippen molar-refractivity contribution in [1.82, 2.24) is 25.1 Å². The van der Waals surface area contributed by atoms with Crippen molar-refractivity contribution in [3.8, 4) is 33.8 Å². The molecule has 0 radical (unpaired) electrons. The lowest BCUT2D eigenvalue weighted by atomic mass is 10.0. The fourth-order valence-electron chi connectivity index (χ4n) is 4.42. The molecular weight excluding hydrogens is 467 g/mol. The average molecular weight is 493 g/mol. The highest BCUT2D eigenvalue weighted by Gasteiger charge is 2.16. The lowest BCUT2D eigenvalue weighted by Gasteiger charge is -2.17. The number of anilines is 1. The number of imidazole rings is 1. The fraction of sp³-hybridized carbons (Fsp3) is 0.138. The van der Waals surface area contributed by atoms with Crippen LogP contribution < -0.4 is 5.32 Å². The van der Waals surface area contributed by atoms with Gasteiger partial charge in [-0.3, -0.25) is 10.1 Å². The van der Waals surface area contributed by atoms with Crippen molar-refractivity contribution < 1.29 is 9.50 Å². The lowest BCUT2D eigenvalue weighted by Crippen LogP contribution is -2.24. The number of pyridine rings is 1. The van der Waals surface area contributed by atoms with Crippen molar-refractivity contribution in [2.45, 2.75) is 20.1 Å². The van der Waals surface area contributed by atoms with Gasteiger partial charge in [0.2, 0.25) is 0 Å². The quantitative estimate of drug-likeness (QED) is 0.203. The summed E-state index contributed by atoms with van der Waals surface area (Å²) < 4.78 is 13.9. The molecule has 1 atom stereocenters. The molecular formula is C29H25FN6O. The van der Waals surface area contributed by atoms with Gasteiger partial charge in [0.1, 0.15) is 17.7 Å². The Morgan fingerprint density at radius 2 is 1.76 bits per heavy atom. The molecule has 0 aliphatic rings. The Kier molecular flexibility index (Phi) is 5.65. The predicted molar refractivity (Wildman–Crippen MR) is 144 cm³/mol. The number of rotatable bonds is 6. The Balaban J connectivity index is 1.41. The number of halogens is 1. The number of aromatic amines is 2. The summed E-state index contributed by atoms with van der Waals surface area (Å²) in [5.41, 5.74) is 7.39. The molecule has 37 heavy (non-hydrogen) atoms. The van der Waals surface area contributed by atoms with Crippen LogP contribution in [0.2, 0.25) is 0 Å². The zero-order chi connectivity index (χ0) is 25.5. The first-order valence-corrected chi connectivity index (χ1v) is 12.1. The number of aromatic nitrogens is 5. The third-order valence-corrected chi connectivity index (χ3v) is 6.45. The maximum Gasteiger partial charge on any atom is 0.159 e. The molecule has 3 heterocycles. The van der Waals surface area contributed by atoms with Crippen LogP contribution in [0.25, 0.3) is 55.7 Å². The molecule has 8 heteroatoms. The van der Waals surface area contributed by atoms with E-state index in [1.54, 1.807) is 18.5 Å². The van der Waals surface area contributed by atoms with Gasteiger partial charge >= 0.3 is 0 Å². The summed E-state index contributed by atoms with van der Waals surface area (Å²) in [6.07, 6.45) is 2.83. The predicted octanol–water partition coefficient (Wildman–Crippen LogP) is 6.36. The van der Waals surface area contributed by atoms with Crippen LogP contribution in [0.4, 0.5) is 10.1 Å². The number of aliphatic hydroxyl groups excluding tert-OH is 1. The summed E-state index contributed by atoms with van der Waals surface area (Å²) in [4.78, 5) is 12.6. The maximum absolute atomic E-state index is 13.9. The van der Waals surface area contributed by atoms with Crippen LogP contribution in [0.15, 0.2) is 79.1 Å². The Labute approximate surface area is 212 Å². The van der Waals surface area contributed by atoms with Gasteiger partial charge in [-0.05, 0) is 53.4 Å². The highest BCUT2D eigenvalue weighted by Crippen LogP contribution is 2.33. The van der Waals surface area contributed by atoms with E-state index in [0.717, 1.165) is 49.9 Å². The molecule has 0 aliphatic carbocycles. The molecule has 1 unspecified atom stereocenters. The first-order chi connectivity index (χ1) is 18.0. The average Bonchev–Trinajstić information content (AvgIpc) is 3.52. The summed E-state index contributed by atoms with van der Waals surface area (Å²) in [5.74, 6) is 0.401. The molecule has 0 amide bonds. The second kappa shape index (κ2) is 9.15. The molecule has 3 aromatic heterocycles. The summed E-state index contributed by atoms with van der Waals surface area (Å²) in [5, 5.41) is 21.8. The van der Waals surface area contributed by atoms with E-state index in [-0.39, 0.29) is 11.7 Å². The Bertz CT molecular complexity index is 1740. The third kappa shape index (κ3) is 4.32. The first kappa shape index (κ1) is 22.9. The fourth-order valence-corrected chi connectivity index (χ4v) is 4.42. The standard InChI is InChI=1S/C29H25FN6O/c1-16(2)29(37)32-21-12-19(14-31-15-21)17-9-10-24-23(13-17)27(36-35-24)28-33-25-8-4-7-22(26(25)34-28)18-5-3-6-20(30)11-18/h3-16,29,32,37H,1-2H3,(H,33,34)(H,35,36). The zero-order valence-electron chi connectivity index (χ0n) is 20.3. The summed E-state index contributed by atoms with van der Waals surface area (Å²) >= 11 is 0. The van der Waals surface area contributed by atoms with E-state index in [2.05, 4.69) is 31.5 Å². The molecule has 6 rings (SSSR count). The van der Waals surface area contributed by atoms with Gasteiger partial charge in [-0.1, -0.05) is 44.2 Å². The summed E-state index contributed by atoms with van der Waals surface area (Å²) in [6, 6.07) is 20.3. The van der Waals surface area contributed by atoms with Gasteiger partial charge in [0, 0.05) is 22.7 Å². The van der Waals surface area contributed by atoms with E-state index in [1.807, 2.05) is 56.3 Å². The highest BCUT2D eigenvalue weighted by atomic mass is 19.1. The summed E-state index contributed by atoms with van der Waals surface area (Å²) in [7, 11) is 0. The monoisotopic (exact) mass is 492 g/mol. The molecule has 0 saturated heterocycles. The van der Waals surface area contributed by atoms with Crippen LogP contribution in [-0.2, 0) is 0 Å². The lowest BCUT2D eigenvalue weighted by molar-refractivity contribution is 0.153. The smallest absolute Gasteiger partial charge is 0.159 e. The second-order valence-electron chi connectivity index (χ2n) is 9.43. The molecule has 0 bridgehead atoms. The van der Waals surface area contributed by atoms with Gasteiger partial charge in [0.05, 0.1) is 28.4 Å². The number of benzene rings is 3. The van der Waals surface area contributed by atoms with Gasteiger partial charge < -0.3 is 15.4 Å². The number of fused-ring (bicyclic) bond motifs is 2. The van der Waals surface area contributed by atoms with E-state index in [0.29, 0.717) is 11.5 Å². The van der Waals surface area contributed by atoms with E-state index < -0.39 is 6.23 Å². The molecule has 0 fully saturated rings. The van der Waals surface area contributed by atoms with Crippen LogP contribution in [0, 0.1) is 11.7 Å². The van der Waals surface area contributed by atoms with E-state index in [1.165, 1.54) is 12.1 Å². The van der Waals surface area contributed by atoms with Crippen molar-refractivity contribution in [1.29, 1.82) is 0 Å². The normalized spacial score (nSPS) is 12.5. The van der Waals surface area contributed by atoms with E-state index >= 15 is 0 Å². The number of aliphatic hydroxyl groups is 1. The molecule has 6 aromatic rings. The molecule has 0 saturated carbocycles. The van der Waals surface area contributed by atoms with Crippen molar-refractivity contribution in [3.05, 3.63) is 84.9 Å². The minimum Gasteiger partial charge on any atom is -0.374 e. The van der Waals surface area contributed by atoms with Crippen LogP contribution in [0.3, 0.4) is 0 Å². The van der Waals surface area contributed by atoms with Crippen molar-refractivity contribution >= 4 is 27.6 Å². The van der Waals surface area contributed by atoms with Crippen LogP contribution in [0.5, 0.6) is 0 Å². The topological polar surface area (TPSA) is 103 Å². The number of nitrogens with zero attached hydrogens (tertiary/aromatic N) is 3. The minimum atomic E-state index is -0.662. The first-order valence-electron chi connectivity index (χ1n) is 12.1. The van der Waals surface area contributed by atoms with Gasteiger partial charge in [0.25, 0.3) is 0 Å². The molecule has 0 spiro atoms. The van der Waals surface area contributed by atoms with Crippen molar-refractivity contribution in [2.75, 3.05) is 5.32 Å². The Morgan fingerprint density at radius 3 is 2.59 bits per heavy atom. The number of hydrogen-bond acceptors (Lipinski definition) is 5. The second-order valence-corrected chi connectivity index (χ2v) is 9.43. The highest BCUT2D eigenvalue weighted by molar-refractivity contribution is 5.98. The van der Waals surface area contributed by atoms with E-state index in [4.69, 9.17) is 4.98 Å². The largest absolute Gasteiger partial charge is 0.374 e. The molecule has 4 N–H and O–H groups in total. The van der Waals surface area contributed by atoms with Gasteiger partial charge in [-0.2, -0.15) is 5.10 Å². The number of para-hydroxylation sites is 1. The van der Waals surface area contributed by atoms with Crippen LogP contribution in [0.1, 0.15) is 13.8 Å². The summed E-state index contributed by atoms with van der Waals surface area (Å²) in [6.45, 7) is 3.89. The number of nitrogens with one attached hydrogen (secondary N) is 3. The molecule has 3 aromatic carbocycles. The minimum absolute atomic E-state index is 0.0683. The number of hydrogen-bond donors (Lipinski definition) is 4.